The van der Waals surface area contributed by atoms with E-state index in [2.05, 4.69) is 0 Å². The first-order chi connectivity index (χ1) is 10.6. The van der Waals surface area contributed by atoms with Gasteiger partial charge in [-0.15, -0.1) is 0 Å². The number of hydrogen-bond acceptors (Lipinski definition) is 6. The van der Waals surface area contributed by atoms with Gasteiger partial charge in [-0.3, -0.25) is 4.79 Å². The van der Waals surface area contributed by atoms with Crippen molar-refractivity contribution in [3.63, 3.8) is 0 Å². The third kappa shape index (κ3) is 2.42. The molecule has 0 aliphatic carbocycles. The summed E-state index contributed by atoms with van der Waals surface area (Å²) in [6, 6.07) is 10.5. The Balaban J connectivity index is 2.06. The molecule has 3 rings (SSSR count). The van der Waals surface area contributed by atoms with E-state index >= 15 is 0 Å². The fourth-order valence-corrected chi connectivity index (χ4v) is 1.97. The predicted octanol–water partition coefficient (Wildman–Crippen LogP) is 3.01. The van der Waals surface area contributed by atoms with Crippen molar-refractivity contribution in [1.29, 1.82) is 0 Å². The number of phenols is 1. The number of rotatable bonds is 3. The van der Waals surface area contributed by atoms with Crippen LogP contribution in [-0.2, 0) is 0 Å². The molecule has 1 aromatic heterocycles. The van der Waals surface area contributed by atoms with Crippen LogP contribution in [0.15, 0.2) is 51.7 Å². The van der Waals surface area contributed by atoms with Crippen LogP contribution in [0.25, 0.3) is 11.0 Å². The first-order valence-electron chi connectivity index (χ1n) is 6.39. The van der Waals surface area contributed by atoms with Gasteiger partial charge >= 0.3 is 5.95 Å². The summed E-state index contributed by atoms with van der Waals surface area (Å²) >= 11 is 0. The Labute approximate surface area is 124 Å². The molecule has 2 N–H and O–H groups in total. The summed E-state index contributed by atoms with van der Waals surface area (Å²) in [4.78, 5) is 12.1. The molecule has 0 atom stereocenters. The quantitative estimate of drug-likeness (QED) is 0.773. The predicted molar refractivity (Wildman–Crippen MR) is 78.9 cm³/mol. The molecule has 1 heterocycles. The van der Waals surface area contributed by atoms with Crippen molar-refractivity contribution in [2.24, 2.45) is 0 Å². The Morgan fingerprint density at radius 2 is 1.68 bits per heavy atom. The van der Waals surface area contributed by atoms with Crippen LogP contribution in [0.5, 0.6) is 28.9 Å². The maximum absolute atomic E-state index is 12.1. The fraction of sp³-hybridized carbons (Fsp3) is 0.0625. The minimum absolute atomic E-state index is 0.0586. The average molecular weight is 300 g/mol. The van der Waals surface area contributed by atoms with Crippen LogP contribution in [-0.4, -0.2) is 17.3 Å². The molecule has 0 radical (unpaired) electrons. The topological polar surface area (TPSA) is 89.1 Å². The number of methoxy groups -OCH3 is 1. The zero-order valence-electron chi connectivity index (χ0n) is 11.6. The second-order valence-corrected chi connectivity index (χ2v) is 4.53. The Hall–Kier alpha value is -3.15. The van der Waals surface area contributed by atoms with Crippen LogP contribution >= 0.6 is 0 Å². The second-order valence-electron chi connectivity index (χ2n) is 4.53. The Kier molecular flexibility index (Phi) is 3.34. The normalized spacial score (nSPS) is 10.6. The fourth-order valence-electron chi connectivity index (χ4n) is 1.97. The number of benzene rings is 2. The van der Waals surface area contributed by atoms with Gasteiger partial charge in [-0.05, 0) is 36.4 Å². The number of ether oxygens (including phenoxy) is 2. The van der Waals surface area contributed by atoms with Gasteiger partial charge in [0.05, 0.1) is 12.5 Å². The molecule has 0 aliphatic rings. The van der Waals surface area contributed by atoms with E-state index in [0.717, 1.165) is 0 Å². The van der Waals surface area contributed by atoms with Crippen molar-refractivity contribution in [3.8, 4) is 28.9 Å². The lowest BCUT2D eigenvalue weighted by Crippen LogP contribution is -2.02. The maximum Gasteiger partial charge on any atom is 0.338 e. The monoisotopic (exact) mass is 300 g/mol. The van der Waals surface area contributed by atoms with Crippen molar-refractivity contribution in [2.75, 3.05) is 7.11 Å². The first-order valence-corrected chi connectivity index (χ1v) is 6.39. The van der Waals surface area contributed by atoms with E-state index in [0.29, 0.717) is 11.5 Å². The van der Waals surface area contributed by atoms with E-state index in [9.17, 15) is 15.0 Å². The van der Waals surface area contributed by atoms with Gasteiger partial charge in [0.25, 0.3) is 0 Å². The van der Waals surface area contributed by atoms with Gasteiger partial charge < -0.3 is 24.1 Å². The van der Waals surface area contributed by atoms with E-state index in [1.807, 2.05) is 0 Å². The zero-order chi connectivity index (χ0) is 15.7. The molecule has 0 saturated heterocycles. The number of aromatic hydroxyl groups is 2. The second kappa shape index (κ2) is 5.33. The molecule has 112 valence electrons. The molecule has 0 saturated carbocycles. The summed E-state index contributed by atoms with van der Waals surface area (Å²) in [6.45, 7) is 0. The van der Waals surface area contributed by atoms with Gasteiger partial charge in [0.2, 0.25) is 11.2 Å². The highest BCUT2D eigenvalue weighted by Gasteiger charge is 2.16. The van der Waals surface area contributed by atoms with Crippen molar-refractivity contribution >= 4 is 11.0 Å². The molecule has 3 aromatic rings. The summed E-state index contributed by atoms with van der Waals surface area (Å²) in [5, 5.41) is 19.5. The molecule has 0 spiro atoms. The van der Waals surface area contributed by atoms with Gasteiger partial charge in [-0.2, -0.15) is 0 Å². The average Bonchev–Trinajstić information content (AvgIpc) is 2.53. The van der Waals surface area contributed by atoms with E-state index in [-0.39, 0.29) is 22.7 Å². The number of phenolic OH excluding ortho intramolecular Hbond substituents is 1. The minimum atomic E-state index is -0.634. The summed E-state index contributed by atoms with van der Waals surface area (Å²) in [7, 11) is 1.54. The van der Waals surface area contributed by atoms with Gasteiger partial charge in [0.1, 0.15) is 22.8 Å². The van der Waals surface area contributed by atoms with Crippen LogP contribution in [0.1, 0.15) is 0 Å². The minimum Gasteiger partial charge on any atom is -0.508 e. The lowest BCUT2D eigenvalue weighted by molar-refractivity contribution is 0.315. The lowest BCUT2D eigenvalue weighted by Gasteiger charge is -2.08. The van der Waals surface area contributed by atoms with E-state index < -0.39 is 11.2 Å². The van der Waals surface area contributed by atoms with Crippen molar-refractivity contribution < 1.29 is 24.1 Å². The first kappa shape index (κ1) is 13.8. The molecule has 0 amide bonds. The summed E-state index contributed by atoms with van der Waals surface area (Å²) in [6.07, 6.45) is 0. The molecule has 6 nitrogen and oxygen atoms in total. The van der Waals surface area contributed by atoms with Gasteiger partial charge in [0.15, 0.2) is 0 Å². The standard InChI is InChI=1S/C16H12O6/c1-20-10-3-5-11(6-4-10)21-16-15(19)14(18)12-7-2-9(17)8-13(12)22-16/h2-8,17,19H,1H3. The number of hydrogen-bond donors (Lipinski definition) is 2. The van der Waals surface area contributed by atoms with Crippen LogP contribution in [0.3, 0.4) is 0 Å². The SMILES string of the molecule is COc1ccc(Oc2oc3cc(O)ccc3c(=O)c2O)cc1. The van der Waals surface area contributed by atoms with Gasteiger partial charge in [0, 0.05) is 6.07 Å². The van der Waals surface area contributed by atoms with E-state index in [4.69, 9.17) is 13.9 Å². The van der Waals surface area contributed by atoms with E-state index in [1.54, 1.807) is 24.3 Å². The highest BCUT2D eigenvalue weighted by molar-refractivity contribution is 5.79. The summed E-state index contributed by atoms with van der Waals surface area (Å²) in [5.41, 5.74) is -0.518. The Bertz CT molecular complexity index is 880. The van der Waals surface area contributed by atoms with Crippen molar-refractivity contribution in [2.45, 2.75) is 0 Å². The molecule has 0 bridgehead atoms. The summed E-state index contributed by atoms with van der Waals surface area (Å²) < 4.78 is 15.8. The largest absolute Gasteiger partial charge is 0.508 e. The lowest BCUT2D eigenvalue weighted by atomic mass is 10.2. The van der Waals surface area contributed by atoms with Crippen LogP contribution in [0.2, 0.25) is 0 Å². The molecular formula is C16H12O6. The van der Waals surface area contributed by atoms with Gasteiger partial charge in [-0.1, -0.05) is 0 Å². The summed E-state index contributed by atoms with van der Waals surface area (Å²) in [5.74, 6) is -0.0285. The third-order valence-electron chi connectivity index (χ3n) is 3.09. The molecule has 0 fully saturated rings. The van der Waals surface area contributed by atoms with Crippen molar-refractivity contribution in [3.05, 3.63) is 52.7 Å². The highest BCUT2D eigenvalue weighted by atomic mass is 16.6. The molecule has 0 unspecified atom stereocenters. The maximum atomic E-state index is 12.1. The Morgan fingerprint density at radius 3 is 2.36 bits per heavy atom. The van der Waals surface area contributed by atoms with E-state index in [1.165, 1.54) is 25.3 Å². The van der Waals surface area contributed by atoms with Crippen molar-refractivity contribution in [1.82, 2.24) is 0 Å². The van der Waals surface area contributed by atoms with Crippen LogP contribution in [0, 0.1) is 0 Å². The molecule has 22 heavy (non-hydrogen) atoms. The van der Waals surface area contributed by atoms with Crippen LogP contribution < -0.4 is 14.9 Å². The number of fused-ring (bicyclic) bond motifs is 1. The molecular weight excluding hydrogens is 288 g/mol. The Morgan fingerprint density at radius 1 is 1.00 bits per heavy atom. The third-order valence-corrected chi connectivity index (χ3v) is 3.09. The van der Waals surface area contributed by atoms with Gasteiger partial charge in [-0.25, -0.2) is 0 Å². The molecule has 2 aromatic carbocycles. The van der Waals surface area contributed by atoms with Crippen LogP contribution in [0.4, 0.5) is 0 Å². The molecule has 0 aliphatic heterocycles. The smallest absolute Gasteiger partial charge is 0.338 e. The highest BCUT2D eigenvalue weighted by Crippen LogP contribution is 2.32. The molecule has 6 heteroatoms. The zero-order valence-corrected chi connectivity index (χ0v) is 11.6.